The molecule has 1 atom stereocenters. The second-order valence-corrected chi connectivity index (χ2v) is 8.51. The molecular weight excluding hydrogens is 342 g/mol. The van der Waals surface area contributed by atoms with Crippen LogP contribution in [0.2, 0.25) is 0 Å². The Morgan fingerprint density at radius 1 is 1.30 bits per heavy atom. The third-order valence-corrected chi connectivity index (χ3v) is 6.19. The minimum atomic E-state index is 0.0424. The van der Waals surface area contributed by atoms with E-state index < -0.39 is 0 Å². The van der Waals surface area contributed by atoms with Crippen LogP contribution in [0.5, 0.6) is 0 Å². The maximum atomic E-state index is 13.2. The molecule has 0 N–H and O–H groups in total. The van der Waals surface area contributed by atoms with Crippen molar-refractivity contribution in [1.29, 1.82) is 0 Å². The number of likely N-dealkylation sites (tertiary alicyclic amines) is 1. The molecule has 3 fully saturated rings. The number of hydrogen-bond donors (Lipinski definition) is 0. The van der Waals surface area contributed by atoms with Gasteiger partial charge in [0.25, 0.3) is 5.91 Å². The van der Waals surface area contributed by atoms with E-state index in [0.29, 0.717) is 11.2 Å². The maximum absolute atomic E-state index is 13.2. The number of hydrogen-bond acceptors (Lipinski definition) is 5. The molecule has 1 saturated carbocycles. The highest BCUT2D eigenvalue weighted by atomic mass is 16.5. The first-order chi connectivity index (χ1) is 13.2. The Balaban J connectivity index is 1.35. The van der Waals surface area contributed by atoms with E-state index in [0.717, 1.165) is 58.2 Å². The van der Waals surface area contributed by atoms with Crippen molar-refractivity contribution >= 4 is 11.6 Å². The van der Waals surface area contributed by atoms with Crippen molar-refractivity contribution in [1.82, 2.24) is 24.4 Å². The van der Waals surface area contributed by atoms with Gasteiger partial charge >= 0.3 is 0 Å². The second-order valence-electron chi connectivity index (χ2n) is 8.51. The van der Waals surface area contributed by atoms with Gasteiger partial charge in [0.05, 0.1) is 19.4 Å². The zero-order valence-electron chi connectivity index (χ0n) is 15.7. The number of carbonyl (C=O) groups is 1. The van der Waals surface area contributed by atoms with Crippen molar-refractivity contribution in [2.75, 3.05) is 45.9 Å². The largest absolute Gasteiger partial charge is 0.379 e. The standard InChI is InChI=1S/C20H27N5O2/c26-19(17-11-22-25-8-2-6-21-18(17)25)24-7-1-5-20(14-24)13-23(9-10-27-15-20)12-16-3-4-16/h2,6,8,11,16H,1,3-5,7,9-10,12-15H2. The van der Waals surface area contributed by atoms with Crippen molar-refractivity contribution in [3.05, 3.63) is 30.2 Å². The van der Waals surface area contributed by atoms with Crippen molar-refractivity contribution in [3.63, 3.8) is 0 Å². The topological polar surface area (TPSA) is 63.0 Å². The molecule has 2 saturated heterocycles. The molecule has 7 heteroatoms. The van der Waals surface area contributed by atoms with E-state index in [1.54, 1.807) is 16.9 Å². The second kappa shape index (κ2) is 6.87. The van der Waals surface area contributed by atoms with Gasteiger partial charge in [0.1, 0.15) is 5.56 Å². The molecule has 0 bridgehead atoms. The van der Waals surface area contributed by atoms with Crippen LogP contribution in [0.3, 0.4) is 0 Å². The minimum absolute atomic E-state index is 0.0424. The summed E-state index contributed by atoms with van der Waals surface area (Å²) in [5, 5.41) is 4.28. The molecule has 144 valence electrons. The molecule has 1 unspecified atom stereocenters. The zero-order chi connectivity index (χ0) is 18.3. The third-order valence-electron chi connectivity index (χ3n) is 6.19. The summed E-state index contributed by atoms with van der Waals surface area (Å²) in [7, 11) is 0. The van der Waals surface area contributed by atoms with E-state index in [-0.39, 0.29) is 11.3 Å². The molecule has 7 nitrogen and oxygen atoms in total. The molecule has 3 aliphatic rings. The van der Waals surface area contributed by atoms with E-state index in [1.807, 2.05) is 17.2 Å². The van der Waals surface area contributed by atoms with Gasteiger partial charge in [-0.05, 0) is 37.7 Å². The number of rotatable bonds is 3. The van der Waals surface area contributed by atoms with Gasteiger partial charge in [-0.1, -0.05) is 0 Å². The highest BCUT2D eigenvalue weighted by molar-refractivity contribution is 5.99. The molecule has 2 aliphatic heterocycles. The number of carbonyl (C=O) groups excluding carboxylic acids is 1. The number of fused-ring (bicyclic) bond motifs is 1. The summed E-state index contributed by atoms with van der Waals surface area (Å²) in [5.74, 6) is 0.923. The molecule has 2 aromatic rings. The lowest BCUT2D eigenvalue weighted by atomic mass is 9.80. The van der Waals surface area contributed by atoms with Gasteiger partial charge < -0.3 is 14.5 Å². The van der Waals surface area contributed by atoms with Crippen LogP contribution in [-0.2, 0) is 4.74 Å². The lowest BCUT2D eigenvalue weighted by molar-refractivity contribution is 0.00724. The molecule has 0 aromatic carbocycles. The maximum Gasteiger partial charge on any atom is 0.259 e. The number of amides is 1. The molecule has 27 heavy (non-hydrogen) atoms. The lowest BCUT2D eigenvalue weighted by Gasteiger charge is -2.43. The molecular formula is C20H27N5O2. The number of aromatic nitrogens is 3. The molecule has 0 radical (unpaired) electrons. The van der Waals surface area contributed by atoms with Crippen molar-refractivity contribution in [2.45, 2.75) is 25.7 Å². The molecule has 5 rings (SSSR count). The molecule has 2 aromatic heterocycles. The van der Waals surface area contributed by atoms with Crippen LogP contribution in [0.4, 0.5) is 0 Å². The van der Waals surface area contributed by atoms with Crippen LogP contribution >= 0.6 is 0 Å². The summed E-state index contributed by atoms with van der Waals surface area (Å²) < 4.78 is 7.67. The Morgan fingerprint density at radius 3 is 3.11 bits per heavy atom. The molecule has 4 heterocycles. The van der Waals surface area contributed by atoms with Gasteiger partial charge in [-0.25, -0.2) is 9.50 Å². The van der Waals surface area contributed by atoms with Crippen LogP contribution in [0.1, 0.15) is 36.0 Å². The summed E-state index contributed by atoms with van der Waals surface area (Å²) in [5.41, 5.74) is 1.28. The van der Waals surface area contributed by atoms with Crippen molar-refractivity contribution in [2.24, 2.45) is 11.3 Å². The van der Waals surface area contributed by atoms with Crippen molar-refractivity contribution < 1.29 is 9.53 Å². The van der Waals surface area contributed by atoms with Crippen LogP contribution in [0, 0.1) is 11.3 Å². The van der Waals surface area contributed by atoms with Crippen LogP contribution in [0.15, 0.2) is 24.7 Å². The van der Waals surface area contributed by atoms with Gasteiger partial charge in [-0.3, -0.25) is 4.79 Å². The monoisotopic (exact) mass is 369 g/mol. The average Bonchev–Trinajstić information content (AvgIpc) is 3.43. The highest BCUT2D eigenvalue weighted by Crippen LogP contribution is 2.36. The lowest BCUT2D eigenvalue weighted by Crippen LogP contribution is -2.52. The summed E-state index contributed by atoms with van der Waals surface area (Å²) in [4.78, 5) is 22.2. The predicted molar refractivity (Wildman–Crippen MR) is 101 cm³/mol. The zero-order valence-corrected chi connectivity index (χ0v) is 15.7. The molecule has 1 aliphatic carbocycles. The van der Waals surface area contributed by atoms with E-state index >= 15 is 0 Å². The molecule has 1 amide bonds. The quantitative estimate of drug-likeness (QED) is 0.824. The normalized spacial score (nSPS) is 27.2. The van der Waals surface area contributed by atoms with Gasteiger partial charge in [0, 0.05) is 50.5 Å². The Kier molecular flexibility index (Phi) is 4.36. The smallest absolute Gasteiger partial charge is 0.259 e. The first-order valence-corrected chi connectivity index (χ1v) is 10.1. The van der Waals surface area contributed by atoms with E-state index in [9.17, 15) is 4.79 Å². The summed E-state index contributed by atoms with van der Waals surface area (Å²) in [6.45, 7) is 6.37. The molecule has 1 spiro atoms. The average molecular weight is 369 g/mol. The Hall–Kier alpha value is -1.99. The van der Waals surface area contributed by atoms with Crippen LogP contribution < -0.4 is 0 Å². The number of nitrogens with zero attached hydrogens (tertiary/aromatic N) is 5. The number of ether oxygens (including phenoxy) is 1. The van der Waals surface area contributed by atoms with Gasteiger partial charge in [0.15, 0.2) is 5.65 Å². The fourth-order valence-corrected chi connectivity index (χ4v) is 4.68. The minimum Gasteiger partial charge on any atom is -0.379 e. The fourth-order valence-electron chi connectivity index (χ4n) is 4.68. The van der Waals surface area contributed by atoms with E-state index in [2.05, 4.69) is 15.0 Å². The van der Waals surface area contributed by atoms with Gasteiger partial charge in [0.2, 0.25) is 0 Å². The van der Waals surface area contributed by atoms with E-state index in [4.69, 9.17) is 4.74 Å². The summed E-state index contributed by atoms with van der Waals surface area (Å²) >= 11 is 0. The van der Waals surface area contributed by atoms with Crippen LogP contribution in [-0.4, -0.2) is 76.2 Å². The van der Waals surface area contributed by atoms with Gasteiger partial charge in [-0.15, -0.1) is 0 Å². The van der Waals surface area contributed by atoms with Gasteiger partial charge in [-0.2, -0.15) is 5.10 Å². The first-order valence-electron chi connectivity index (χ1n) is 10.1. The highest BCUT2D eigenvalue weighted by Gasteiger charge is 2.41. The summed E-state index contributed by atoms with van der Waals surface area (Å²) in [6, 6.07) is 1.82. The Labute approximate surface area is 159 Å². The Bertz CT molecular complexity index is 833. The van der Waals surface area contributed by atoms with Crippen molar-refractivity contribution in [3.8, 4) is 0 Å². The fraction of sp³-hybridized carbons (Fsp3) is 0.650. The first kappa shape index (κ1) is 17.1. The van der Waals surface area contributed by atoms with E-state index in [1.165, 1.54) is 19.4 Å². The predicted octanol–water partition coefficient (Wildman–Crippen LogP) is 1.69. The third kappa shape index (κ3) is 3.46. The van der Waals surface area contributed by atoms with Crippen LogP contribution in [0.25, 0.3) is 5.65 Å². The summed E-state index contributed by atoms with van der Waals surface area (Å²) in [6.07, 6.45) is 10.1. The number of piperidine rings is 1. The Morgan fingerprint density at radius 2 is 2.22 bits per heavy atom. The SMILES string of the molecule is O=C(c1cnn2cccnc12)N1CCCC2(COCCN(CC3CC3)C2)C1.